The van der Waals surface area contributed by atoms with E-state index in [0.717, 1.165) is 47.0 Å². The van der Waals surface area contributed by atoms with Crippen molar-refractivity contribution in [2.75, 3.05) is 11.9 Å². The molecule has 2 aliphatic carbocycles. The predicted octanol–water partition coefficient (Wildman–Crippen LogP) is 3.45. The summed E-state index contributed by atoms with van der Waals surface area (Å²) in [6, 6.07) is 4.70. The van der Waals surface area contributed by atoms with Gasteiger partial charge in [0.05, 0.1) is 6.04 Å². The number of aryl methyl sites for hydroxylation is 1. The topological polar surface area (TPSA) is 58.1 Å². The molecule has 2 saturated carbocycles. The van der Waals surface area contributed by atoms with Crippen LogP contribution in [-0.2, 0) is 4.79 Å². The second-order valence-electron chi connectivity index (χ2n) is 8.10. The smallest absolute Gasteiger partial charge is 0.226 e. The number of nitrogens with one attached hydrogen (secondary N) is 1. The van der Waals surface area contributed by atoms with Crippen LogP contribution in [0.2, 0.25) is 0 Å². The van der Waals surface area contributed by atoms with E-state index >= 15 is 0 Å². The quantitative estimate of drug-likeness (QED) is 0.915. The summed E-state index contributed by atoms with van der Waals surface area (Å²) in [5, 5.41) is 4.59. The maximum Gasteiger partial charge on any atom is 0.226 e. The Hall–Kier alpha value is -1.69. The largest absolute Gasteiger partial charge is 0.357 e. The van der Waals surface area contributed by atoms with Crippen LogP contribution in [0.25, 0.3) is 10.3 Å². The lowest BCUT2D eigenvalue weighted by atomic mass is 9.76. The van der Waals surface area contributed by atoms with Crippen LogP contribution in [0.3, 0.4) is 0 Å². The van der Waals surface area contributed by atoms with Gasteiger partial charge in [-0.05, 0) is 56.6 Å². The van der Waals surface area contributed by atoms with Crippen molar-refractivity contribution in [1.82, 2.24) is 14.9 Å². The highest BCUT2D eigenvalue weighted by Crippen LogP contribution is 2.44. The second-order valence-corrected chi connectivity index (χ2v) is 9.08. The van der Waals surface area contributed by atoms with Gasteiger partial charge in [0.15, 0.2) is 5.13 Å². The third kappa shape index (κ3) is 2.71. The highest BCUT2D eigenvalue weighted by atomic mass is 32.1. The van der Waals surface area contributed by atoms with E-state index in [1.807, 2.05) is 19.1 Å². The summed E-state index contributed by atoms with van der Waals surface area (Å²) in [5.41, 5.74) is 1.98. The molecule has 5 nitrogen and oxygen atoms in total. The first-order valence-electron chi connectivity index (χ1n) is 9.39. The van der Waals surface area contributed by atoms with Crippen molar-refractivity contribution >= 4 is 32.7 Å². The molecule has 1 N–H and O–H groups in total. The summed E-state index contributed by atoms with van der Waals surface area (Å²) < 4.78 is 0. The molecular formula is C19H24N4OS. The van der Waals surface area contributed by atoms with Crippen LogP contribution >= 0.6 is 11.3 Å². The van der Waals surface area contributed by atoms with Gasteiger partial charge in [-0.1, -0.05) is 18.3 Å². The molecule has 5 atom stereocenters. The van der Waals surface area contributed by atoms with Gasteiger partial charge in [-0.15, -0.1) is 0 Å². The van der Waals surface area contributed by atoms with Crippen LogP contribution in [0.4, 0.5) is 5.13 Å². The zero-order valence-corrected chi connectivity index (χ0v) is 15.6. The number of thiazole rings is 1. The molecule has 2 aromatic heterocycles. The van der Waals surface area contributed by atoms with E-state index in [4.69, 9.17) is 4.98 Å². The number of hydrogen-bond donors (Lipinski definition) is 1. The molecule has 0 radical (unpaired) electrons. The van der Waals surface area contributed by atoms with Crippen molar-refractivity contribution in [2.24, 2.45) is 17.8 Å². The summed E-state index contributed by atoms with van der Waals surface area (Å²) >= 11 is 1.62. The Bertz CT molecular complexity index is 834. The Kier molecular flexibility index (Phi) is 3.52. The minimum atomic E-state index is 0.287. The average molecular weight is 356 g/mol. The fourth-order valence-corrected chi connectivity index (χ4v) is 5.56. The average Bonchev–Trinajstić information content (AvgIpc) is 3.20. The Labute approximate surface area is 151 Å². The summed E-state index contributed by atoms with van der Waals surface area (Å²) in [6.07, 6.45) is 4.61. The van der Waals surface area contributed by atoms with Crippen molar-refractivity contribution in [2.45, 2.75) is 51.6 Å². The zero-order valence-electron chi connectivity index (χ0n) is 14.7. The van der Waals surface area contributed by atoms with Crippen molar-refractivity contribution < 1.29 is 4.79 Å². The third-order valence-electron chi connectivity index (χ3n) is 6.19. The molecule has 6 rings (SSSR count). The van der Waals surface area contributed by atoms with Gasteiger partial charge in [0.1, 0.15) is 10.3 Å². The molecule has 6 heteroatoms. The molecule has 25 heavy (non-hydrogen) atoms. The monoisotopic (exact) mass is 356 g/mol. The lowest BCUT2D eigenvalue weighted by Crippen LogP contribution is -2.60. The molecule has 2 aliphatic heterocycles. The molecule has 4 aliphatic rings. The normalized spacial score (nSPS) is 33.7. The predicted molar refractivity (Wildman–Crippen MR) is 99.7 cm³/mol. The highest BCUT2D eigenvalue weighted by Gasteiger charge is 2.48. The van der Waals surface area contributed by atoms with Crippen LogP contribution in [0.1, 0.15) is 38.3 Å². The maximum atomic E-state index is 12.8. The van der Waals surface area contributed by atoms with Crippen molar-refractivity contribution in [3.63, 3.8) is 0 Å². The van der Waals surface area contributed by atoms with E-state index < -0.39 is 0 Å². The number of pyridine rings is 1. The number of aromatic nitrogens is 2. The molecule has 2 bridgehead atoms. The highest BCUT2D eigenvalue weighted by molar-refractivity contribution is 7.21. The van der Waals surface area contributed by atoms with Gasteiger partial charge < -0.3 is 10.2 Å². The summed E-state index contributed by atoms with van der Waals surface area (Å²) in [7, 11) is 0. The summed E-state index contributed by atoms with van der Waals surface area (Å²) in [4.78, 5) is 25.3. The molecule has 3 unspecified atom stereocenters. The van der Waals surface area contributed by atoms with Crippen LogP contribution in [0.5, 0.6) is 0 Å². The molecule has 1 amide bonds. The molecule has 4 heterocycles. The number of carbonyl (C=O) groups excluding carboxylic acids is 1. The Morgan fingerprint density at radius 2 is 2.12 bits per heavy atom. The van der Waals surface area contributed by atoms with E-state index in [1.54, 1.807) is 11.3 Å². The summed E-state index contributed by atoms with van der Waals surface area (Å²) in [5.74, 6) is 1.90. The number of hydrogen-bond acceptors (Lipinski definition) is 5. The van der Waals surface area contributed by atoms with E-state index in [-0.39, 0.29) is 5.92 Å². The van der Waals surface area contributed by atoms with Gasteiger partial charge in [-0.3, -0.25) is 4.79 Å². The first-order valence-corrected chi connectivity index (χ1v) is 10.2. The fourth-order valence-electron chi connectivity index (χ4n) is 4.61. The molecule has 2 saturated heterocycles. The SMILES string of the molecule is Cc1ccc2nc(NC3CC4CCC3N(C(=O)[C@@H]3C[C@H]3C)C4)sc2n1. The molecular weight excluding hydrogens is 332 g/mol. The minimum absolute atomic E-state index is 0.287. The number of piperidine rings is 2. The molecule has 0 aromatic carbocycles. The van der Waals surface area contributed by atoms with Crippen LogP contribution in [-0.4, -0.2) is 39.4 Å². The van der Waals surface area contributed by atoms with Gasteiger partial charge >= 0.3 is 0 Å². The Morgan fingerprint density at radius 1 is 1.28 bits per heavy atom. The number of carbonyl (C=O) groups is 1. The van der Waals surface area contributed by atoms with Crippen molar-refractivity contribution in [3.05, 3.63) is 17.8 Å². The van der Waals surface area contributed by atoms with Gasteiger partial charge in [-0.2, -0.15) is 0 Å². The standard InChI is InChI=1S/C19H24N4OS/c1-10-7-13(10)18(24)23-9-12-4-6-16(23)15(8-12)22-19-21-14-5-3-11(2)20-17(14)25-19/h3,5,10,12-13,15-16H,4,6-9H2,1-2H3,(H,21,22)/t10-,12?,13-,15?,16?/m1/s1. The molecule has 2 aromatic rings. The molecule has 4 fully saturated rings. The van der Waals surface area contributed by atoms with E-state index in [0.29, 0.717) is 29.8 Å². The Balaban J connectivity index is 1.36. The number of fused-ring (bicyclic) bond motifs is 4. The van der Waals surface area contributed by atoms with E-state index in [1.165, 1.54) is 6.42 Å². The minimum Gasteiger partial charge on any atom is -0.357 e. The number of nitrogens with zero attached hydrogens (tertiary/aromatic N) is 3. The van der Waals surface area contributed by atoms with Crippen LogP contribution in [0.15, 0.2) is 12.1 Å². The summed E-state index contributed by atoms with van der Waals surface area (Å²) in [6.45, 7) is 5.16. The lowest BCUT2D eigenvalue weighted by molar-refractivity contribution is -0.140. The maximum absolute atomic E-state index is 12.8. The third-order valence-corrected chi connectivity index (χ3v) is 7.09. The van der Waals surface area contributed by atoms with Crippen molar-refractivity contribution in [1.29, 1.82) is 0 Å². The second kappa shape index (κ2) is 5.66. The van der Waals surface area contributed by atoms with Gasteiger partial charge in [0.2, 0.25) is 5.91 Å². The van der Waals surface area contributed by atoms with Gasteiger partial charge in [-0.25, -0.2) is 9.97 Å². The fraction of sp³-hybridized carbons (Fsp3) is 0.632. The zero-order chi connectivity index (χ0) is 17.1. The van der Waals surface area contributed by atoms with Crippen molar-refractivity contribution in [3.8, 4) is 0 Å². The van der Waals surface area contributed by atoms with Gasteiger partial charge in [0, 0.05) is 24.2 Å². The lowest BCUT2D eigenvalue weighted by Gasteiger charge is -2.50. The first kappa shape index (κ1) is 15.6. The molecule has 0 spiro atoms. The number of rotatable bonds is 3. The molecule has 132 valence electrons. The number of amides is 1. The van der Waals surface area contributed by atoms with Gasteiger partial charge in [0.25, 0.3) is 0 Å². The van der Waals surface area contributed by atoms with Crippen LogP contribution in [0, 0.1) is 24.7 Å². The van der Waals surface area contributed by atoms with Crippen LogP contribution < -0.4 is 5.32 Å². The van der Waals surface area contributed by atoms with E-state index in [2.05, 4.69) is 22.1 Å². The Morgan fingerprint density at radius 3 is 2.88 bits per heavy atom. The number of anilines is 1. The van der Waals surface area contributed by atoms with E-state index in [9.17, 15) is 4.79 Å². The first-order chi connectivity index (χ1) is 12.1.